The average Bonchev–Trinajstić information content (AvgIpc) is 2.11. The van der Waals surface area contributed by atoms with Crippen molar-refractivity contribution in [2.24, 2.45) is 11.1 Å². The summed E-state index contributed by atoms with van der Waals surface area (Å²) in [5.41, 5.74) is 5.94. The zero-order valence-corrected chi connectivity index (χ0v) is 11.3. The molecule has 0 saturated heterocycles. The lowest BCUT2D eigenvalue weighted by Gasteiger charge is -2.32. The first-order chi connectivity index (χ1) is 7.30. The summed E-state index contributed by atoms with van der Waals surface area (Å²) in [6, 6.07) is 0.130. The molecule has 0 aliphatic rings. The van der Waals surface area contributed by atoms with E-state index in [4.69, 9.17) is 5.73 Å². The fourth-order valence-electron chi connectivity index (χ4n) is 1.78. The van der Waals surface area contributed by atoms with Crippen molar-refractivity contribution in [3.05, 3.63) is 0 Å². The number of carbonyl (C=O) groups is 1. The summed E-state index contributed by atoms with van der Waals surface area (Å²) in [7, 11) is 2.03. The monoisotopic (exact) mass is 229 g/mol. The predicted octanol–water partition coefficient (Wildman–Crippen LogP) is 0.818. The van der Waals surface area contributed by atoms with Crippen LogP contribution in [0.3, 0.4) is 0 Å². The van der Waals surface area contributed by atoms with Gasteiger partial charge in [0, 0.05) is 32.1 Å². The second kappa shape index (κ2) is 6.86. The molecule has 0 aliphatic carbocycles. The van der Waals surface area contributed by atoms with Gasteiger partial charge in [0.15, 0.2) is 0 Å². The number of nitrogens with two attached hydrogens (primary N) is 1. The molecule has 0 spiro atoms. The second-order valence-corrected chi connectivity index (χ2v) is 5.52. The van der Waals surface area contributed by atoms with Gasteiger partial charge in [0.2, 0.25) is 5.91 Å². The number of hydrogen-bond donors (Lipinski definition) is 2. The Hall–Kier alpha value is -0.610. The van der Waals surface area contributed by atoms with Crippen LogP contribution in [-0.2, 0) is 4.79 Å². The average molecular weight is 229 g/mol. The van der Waals surface area contributed by atoms with Gasteiger partial charge in [-0.25, -0.2) is 0 Å². The van der Waals surface area contributed by atoms with Crippen molar-refractivity contribution in [2.75, 3.05) is 26.7 Å². The third-order valence-corrected chi connectivity index (χ3v) is 2.41. The maximum atomic E-state index is 11.5. The zero-order valence-electron chi connectivity index (χ0n) is 11.3. The van der Waals surface area contributed by atoms with Crippen LogP contribution in [0.4, 0.5) is 0 Å². The Labute approximate surface area is 99.6 Å². The minimum atomic E-state index is 0.0821. The van der Waals surface area contributed by atoms with Crippen LogP contribution in [-0.4, -0.2) is 43.5 Å². The van der Waals surface area contributed by atoms with Gasteiger partial charge in [-0.3, -0.25) is 4.79 Å². The number of rotatable bonds is 6. The van der Waals surface area contributed by atoms with E-state index in [9.17, 15) is 4.79 Å². The first-order valence-corrected chi connectivity index (χ1v) is 5.97. The molecule has 4 heteroatoms. The minimum Gasteiger partial charge on any atom is -0.356 e. The molecule has 1 atom stereocenters. The fraction of sp³-hybridized carbons (Fsp3) is 0.917. The molecule has 0 rings (SSSR count). The van der Waals surface area contributed by atoms with E-state index in [1.165, 1.54) is 0 Å². The van der Waals surface area contributed by atoms with Crippen molar-refractivity contribution in [1.82, 2.24) is 10.2 Å². The highest BCUT2D eigenvalue weighted by atomic mass is 16.1. The van der Waals surface area contributed by atoms with Gasteiger partial charge in [-0.15, -0.1) is 0 Å². The lowest BCUT2D eigenvalue weighted by molar-refractivity contribution is -0.122. The summed E-state index contributed by atoms with van der Waals surface area (Å²) in [6.45, 7) is 10.6. The Kier molecular flexibility index (Phi) is 6.60. The van der Waals surface area contributed by atoms with Crippen molar-refractivity contribution >= 4 is 5.91 Å². The van der Waals surface area contributed by atoms with Crippen molar-refractivity contribution in [2.45, 2.75) is 40.2 Å². The highest BCUT2D eigenvalue weighted by molar-refractivity contribution is 5.76. The Morgan fingerprint density at radius 3 is 2.38 bits per heavy atom. The van der Waals surface area contributed by atoms with Crippen LogP contribution in [0.2, 0.25) is 0 Å². The van der Waals surface area contributed by atoms with Gasteiger partial charge in [-0.05, 0) is 19.4 Å². The smallest absolute Gasteiger partial charge is 0.221 e. The summed E-state index contributed by atoms with van der Waals surface area (Å²) in [6.07, 6.45) is 0.483. The van der Waals surface area contributed by atoms with E-state index >= 15 is 0 Å². The van der Waals surface area contributed by atoms with Crippen molar-refractivity contribution in [3.8, 4) is 0 Å². The number of nitrogens with zero attached hydrogens (tertiary/aromatic N) is 1. The van der Waals surface area contributed by atoms with Gasteiger partial charge in [0.05, 0.1) is 0 Å². The van der Waals surface area contributed by atoms with Gasteiger partial charge >= 0.3 is 0 Å². The Morgan fingerprint density at radius 2 is 2.00 bits per heavy atom. The van der Waals surface area contributed by atoms with Crippen LogP contribution in [0.25, 0.3) is 0 Å². The molecule has 0 aromatic rings. The molecule has 3 N–H and O–H groups in total. The first kappa shape index (κ1) is 15.4. The number of nitrogens with one attached hydrogen (secondary N) is 1. The summed E-state index contributed by atoms with van der Waals surface area (Å²) in [5.74, 6) is 0.0821. The molecule has 4 nitrogen and oxygen atoms in total. The van der Waals surface area contributed by atoms with Gasteiger partial charge < -0.3 is 16.0 Å². The quantitative estimate of drug-likeness (QED) is 0.709. The lowest BCUT2D eigenvalue weighted by Crippen LogP contribution is -2.44. The number of amides is 1. The van der Waals surface area contributed by atoms with E-state index in [0.717, 1.165) is 6.54 Å². The van der Waals surface area contributed by atoms with Crippen LogP contribution in [0.15, 0.2) is 0 Å². The van der Waals surface area contributed by atoms with E-state index in [1.807, 2.05) is 14.0 Å². The predicted molar refractivity (Wildman–Crippen MR) is 68.2 cm³/mol. The number of carbonyl (C=O) groups excluding carboxylic acids is 1. The van der Waals surface area contributed by atoms with Gasteiger partial charge in [0.1, 0.15) is 0 Å². The molecule has 0 bridgehead atoms. The second-order valence-electron chi connectivity index (χ2n) is 5.52. The molecule has 1 unspecified atom stereocenters. The van der Waals surface area contributed by atoms with Crippen molar-refractivity contribution in [1.29, 1.82) is 0 Å². The van der Waals surface area contributed by atoms with E-state index in [2.05, 4.69) is 31.0 Å². The van der Waals surface area contributed by atoms with Crippen LogP contribution in [0.5, 0.6) is 0 Å². The van der Waals surface area contributed by atoms with E-state index in [1.54, 1.807) is 0 Å². The van der Waals surface area contributed by atoms with Crippen LogP contribution >= 0.6 is 0 Å². The standard InChI is InChI=1S/C12H27N3O/c1-6-14-11(16)7-10(8-13)15(5)9-12(2,3)4/h10H,6-9,13H2,1-5H3,(H,14,16). The maximum Gasteiger partial charge on any atom is 0.221 e. The van der Waals surface area contributed by atoms with Crippen LogP contribution in [0, 0.1) is 5.41 Å². The molecule has 1 amide bonds. The Morgan fingerprint density at radius 1 is 1.44 bits per heavy atom. The number of hydrogen-bond acceptors (Lipinski definition) is 3. The Bertz CT molecular complexity index is 211. The summed E-state index contributed by atoms with van der Waals surface area (Å²) < 4.78 is 0. The SMILES string of the molecule is CCNC(=O)CC(CN)N(C)CC(C)(C)C. The third kappa shape index (κ3) is 6.80. The zero-order chi connectivity index (χ0) is 12.8. The molecule has 96 valence electrons. The normalized spacial score (nSPS) is 13.9. The first-order valence-electron chi connectivity index (χ1n) is 5.97. The molecule has 0 aliphatic heterocycles. The van der Waals surface area contributed by atoms with Crippen molar-refractivity contribution in [3.63, 3.8) is 0 Å². The Balaban J connectivity index is 4.21. The van der Waals surface area contributed by atoms with E-state index in [-0.39, 0.29) is 17.4 Å². The maximum absolute atomic E-state index is 11.5. The minimum absolute atomic E-state index is 0.0821. The molecular weight excluding hydrogens is 202 g/mol. The number of likely N-dealkylation sites (N-methyl/N-ethyl adjacent to an activating group) is 1. The molecule has 0 fully saturated rings. The molecule has 0 radical (unpaired) electrons. The molecular formula is C12H27N3O. The van der Waals surface area contributed by atoms with Crippen LogP contribution < -0.4 is 11.1 Å². The van der Waals surface area contributed by atoms with Crippen LogP contribution in [0.1, 0.15) is 34.1 Å². The van der Waals surface area contributed by atoms with Gasteiger partial charge in [-0.1, -0.05) is 20.8 Å². The molecule has 0 saturated carbocycles. The molecule has 0 aromatic carbocycles. The molecule has 0 aromatic heterocycles. The fourth-order valence-corrected chi connectivity index (χ4v) is 1.78. The molecule has 16 heavy (non-hydrogen) atoms. The topological polar surface area (TPSA) is 58.4 Å². The van der Waals surface area contributed by atoms with Gasteiger partial charge in [0.25, 0.3) is 0 Å². The van der Waals surface area contributed by atoms with Gasteiger partial charge in [-0.2, -0.15) is 0 Å². The summed E-state index contributed by atoms with van der Waals surface area (Å²) in [4.78, 5) is 13.7. The largest absolute Gasteiger partial charge is 0.356 e. The third-order valence-electron chi connectivity index (χ3n) is 2.41. The molecule has 0 heterocycles. The van der Waals surface area contributed by atoms with E-state index < -0.39 is 0 Å². The van der Waals surface area contributed by atoms with Crippen molar-refractivity contribution < 1.29 is 4.79 Å². The lowest BCUT2D eigenvalue weighted by atomic mass is 9.95. The van der Waals surface area contributed by atoms with E-state index in [0.29, 0.717) is 19.5 Å². The highest BCUT2D eigenvalue weighted by Gasteiger charge is 2.21. The highest BCUT2D eigenvalue weighted by Crippen LogP contribution is 2.16. The summed E-state index contributed by atoms with van der Waals surface area (Å²) >= 11 is 0. The summed E-state index contributed by atoms with van der Waals surface area (Å²) in [5, 5.41) is 2.81.